The molecule has 2 atom stereocenters. The second-order valence-corrected chi connectivity index (χ2v) is 12.9. The van der Waals surface area contributed by atoms with Crippen molar-refractivity contribution in [3.8, 4) is 11.3 Å². The maximum absolute atomic E-state index is 15.1. The molecule has 1 saturated heterocycles. The number of methoxy groups -OCH3 is 1. The van der Waals surface area contributed by atoms with Gasteiger partial charge in [-0.15, -0.1) is 0 Å². The van der Waals surface area contributed by atoms with Crippen molar-refractivity contribution < 1.29 is 26.7 Å². The van der Waals surface area contributed by atoms with E-state index in [0.29, 0.717) is 16.5 Å². The quantitative estimate of drug-likeness (QED) is 0.276. The van der Waals surface area contributed by atoms with Gasteiger partial charge in [-0.05, 0) is 31.7 Å². The van der Waals surface area contributed by atoms with Crippen molar-refractivity contribution in [1.82, 2.24) is 24.8 Å². The van der Waals surface area contributed by atoms with Gasteiger partial charge in [0, 0.05) is 68.1 Å². The van der Waals surface area contributed by atoms with Crippen LogP contribution in [0, 0.1) is 11.6 Å². The van der Waals surface area contributed by atoms with Crippen LogP contribution < -0.4 is 5.32 Å². The van der Waals surface area contributed by atoms with Crippen molar-refractivity contribution in [1.29, 1.82) is 0 Å². The Hall–Kier alpha value is -3.78. The summed E-state index contributed by atoms with van der Waals surface area (Å²) >= 11 is 0. The molecule has 2 aromatic carbocycles. The smallest absolute Gasteiger partial charge is 0.228 e. The first-order chi connectivity index (χ1) is 20.5. The molecule has 1 fully saturated rings. The molecular formula is C30H34F2N6O4S. The summed E-state index contributed by atoms with van der Waals surface area (Å²) in [7, 11) is -0.151. The Morgan fingerprint density at radius 3 is 2.70 bits per heavy atom. The van der Waals surface area contributed by atoms with E-state index >= 15 is 4.39 Å². The number of H-pyrrole nitrogens is 1. The highest BCUT2D eigenvalue weighted by Gasteiger charge is 2.33. The number of carbonyl (C=O) groups is 1. The number of hydrogen-bond acceptors (Lipinski definition) is 9. The van der Waals surface area contributed by atoms with E-state index < -0.39 is 32.4 Å². The highest BCUT2D eigenvalue weighted by Crippen LogP contribution is 2.32. The Balaban J connectivity index is 1.44. The van der Waals surface area contributed by atoms with E-state index in [2.05, 4.69) is 44.0 Å². The van der Waals surface area contributed by atoms with Gasteiger partial charge in [-0.3, -0.25) is 9.69 Å². The van der Waals surface area contributed by atoms with Gasteiger partial charge in [-0.2, -0.15) is 0 Å². The molecule has 0 amide bonds. The van der Waals surface area contributed by atoms with E-state index in [4.69, 9.17) is 4.74 Å². The van der Waals surface area contributed by atoms with Gasteiger partial charge < -0.3 is 19.9 Å². The minimum absolute atomic E-state index is 0.0277. The van der Waals surface area contributed by atoms with E-state index in [-0.39, 0.29) is 42.2 Å². The zero-order valence-corrected chi connectivity index (χ0v) is 25.2. The van der Waals surface area contributed by atoms with Gasteiger partial charge in [0.1, 0.15) is 10.6 Å². The Morgan fingerprint density at radius 1 is 1.21 bits per heavy atom. The van der Waals surface area contributed by atoms with Gasteiger partial charge in [0.05, 0.1) is 24.5 Å². The summed E-state index contributed by atoms with van der Waals surface area (Å²) in [6, 6.07) is 9.14. The lowest BCUT2D eigenvalue weighted by Gasteiger charge is -2.42. The predicted octanol–water partition coefficient (Wildman–Crippen LogP) is 3.81. The number of fused-ring (bicyclic) bond motifs is 1. The van der Waals surface area contributed by atoms with E-state index in [1.54, 1.807) is 25.4 Å². The monoisotopic (exact) mass is 612 g/mol. The zero-order chi connectivity index (χ0) is 30.9. The Labute approximate surface area is 249 Å². The van der Waals surface area contributed by atoms with Gasteiger partial charge >= 0.3 is 0 Å². The molecule has 228 valence electrons. The third kappa shape index (κ3) is 6.44. The van der Waals surface area contributed by atoms with Crippen LogP contribution in [-0.4, -0.2) is 97.7 Å². The lowest BCUT2D eigenvalue weighted by Crippen LogP contribution is -2.58. The van der Waals surface area contributed by atoms with Crippen molar-refractivity contribution in [2.24, 2.45) is 0 Å². The summed E-state index contributed by atoms with van der Waals surface area (Å²) in [6.07, 6.45) is 3.63. The maximum atomic E-state index is 15.1. The van der Waals surface area contributed by atoms with Gasteiger partial charge in [-0.25, -0.2) is 27.2 Å². The lowest BCUT2D eigenvalue weighted by atomic mass is 9.98. The van der Waals surface area contributed by atoms with Gasteiger partial charge in [-0.1, -0.05) is 24.3 Å². The molecule has 4 aromatic rings. The number of likely N-dealkylation sites (N-methyl/N-ethyl adjacent to an activating group) is 1. The average Bonchev–Trinajstić information content (AvgIpc) is 3.38. The minimum Gasteiger partial charge on any atom is -0.383 e. The number of ketones is 1. The number of rotatable bonds is 10. The highest BCUT2D eigenvalue weighted by atomic mass is 32.2. The number of sulfone groups is 1. The number of hydrogen-bond donors (Lipinski definition) is 2. The third-order valence-electron chi connectivity index (χ3n) is 7.75. The number of ether oxygens (including phenoxy) is 1. The molecule has 0 radical (unpaired) electrons. The van der Waals surface area contributed by atoms with Crippen LogP contribution in [0.15, 0.2) is 53.7 Å². The van der Waals surface area contributed by atoms with Crippen molar-refractivity contribution in [2.75, 3.05) is 52.0 Å². The number of para-hydroxylation sites is 1. The number of aromatic nitrogens is 3. The topological polar surface area (TPSA) is 121 Å². The van der Waals surface area contributed by atoms with Crippen molar-refractivity contribution in [3.05, 3.63) is 66.0 Å². The largest absolute Gasteiger partial charge is 0.383 e. The summed E-state index contributed by atoms with van der Waals surface area (Å²) in [4.78, 5) is 29.0. The molecule has 2 aromatic heterocycles. The second kappa shape index (κ2) is 12.4. The van der Waals surface area contributed by atoms with Gasteiger partial charge in [0.15, 0.2) is 27.3 Å². The molecule has 1 aliphatic rings. The summed E-state index contributed by atoms with van der Waals surface area (Å²) in [6.45, 7) is 4.89. The molecule has 0 saturated carbocycles. The van der Waals surface area contributed by atoms with Crippen LogP contribution >= 0.6 is 0 Å². The molecule has 0 aliphatic carbocycles. The Bertz CT molecular complexity index is 1760. The maximum Gasteiger partial charge on any atom is 0.228 e. The van der Waals surface area contributed by atoms with Crippen LogP contribution in [0.3, 0.4) is 0 Å². The number of carbonyl (C=O) groups excluding carboxylic acids is 1. The fourth-order valence-electron chi connectivity index (χ4n) is 5.64. The number of halogens is 2. The molecule has 10 nitrogen and oxygen atoms in total. The molecular weight excluding hydrogens is 578 g/mol. The number of nitrogens with zero attached hydrogens (tertiary/aromatic N) is 4. The first-order valence-corrected chi connectivity index (χ1v) is 15.7. The summed E-state index contributed by atoms with van der Waals surface area (Å²) in [5, 5.41) is 3.31. The van der Waals surface area contributed by atoms with Crippen molar-refractivity contribution in [2.45, 2.75) is 30.3 Å². The second-order valence-electron chi connectivity index (χ2n) is 10.9. The summed E-state index contributed by atoms with van der Waals surface area (Å²) in [5.74, 6) is -1.79. The van der Waals surface area contributed by atoms with Gasteiger partial charge in [0.25, 0.3) is 0 Å². The Kier molecular flexibility index (Phi) is 8.88. The highest BCUT2D eigenvalue weighted by molar-refractivity contribution is 7.90. The normalized spacial score (nSPS) is 17.3. The summed E-state index contributed by atoms with van der Waals surface area (Å²) < 4.78 is 59.3. The molecule has 0 bridgehead atoms. The van der Waals surface area contributed by atoms with Gasteiger partial charge in [0.2, 0.25) is 5.95 Å². The fourth-order valence-corrected chi connectivity index (χ4v) is 6.41. The standard InChI is InChI=1S/C30H34F2N6O4S/c1-18-16-37(2)11-12-38(18)24(17-42-3)25(39)13-19-7-5-8-20-21(14-33-28(19)20)29-22(31)15-34-30(36-29)35-23-9-6-10-26(27(23)32)43(4,40)41/h5-10,14-15,18,24,33H,11-13,16-17H2,1-4H3,(H,34,35,36)/t18-,24+/m1/s1. The van der Waals surface area contributed by atoms with E-state index in [9.17, 15) is 17.6 Å². The zero-order valence-electron chi connectivity index (χ0n) is 24.4. The number of aromatic amines is 1. The van der Waals surface area contributed by atoms with Crippen LogP contribution in [0.1, 0.15) is 12.5 Å². The lowest BCUT2D eigenvalue weighted by molar-refractivity contribution is -0.127. The van der Waals surface area contributed by atoms with Crippen LogP contribution in [-0.2, 0) is 25.8 Å². The van der Waals surface area contributed by atoms with E-state index in [0.717, 1.165) is 43.7 Å². The van der Waals surface area contributed by atoms with Crippen LogP contribution in [0.25, 0.3) is 22.2 Å². The van der Waals surface area contributed by atoms with E-state index in [1.165, 1.54) is 12.1 Å². The first-order valence-electron chi connectivity index (χ1n) is 13.8. The van der Waals surface area contributed by atoms with E-state index in [1.807, 2.05) is 6.07 Å². The number of Topliss-reactive ketones (excluding diaryl/α,β-unsaturated/α-hetero) is 1. The first kappa shape index (κ1) is 30.7. The van der Waals surface area contributed by atoms with Crippen molar-refractivity contribution in [3.63, 3.8) is 0 Å². The molecule has 0 unspecified atom stereocenters. The SMILES string of the molecule is COC[C@@H](C(=O)Cc1cccc2c(-c3nc(Nc4cccc(S(C)(=O)=O)c4F)ncc3F)c[nH]c12)N1CCN(C)C[C@H]1C. The number of anilines is 2. The molecule has 5 rings (SSSR count). The van der Waals surface area contributed by atoms with Crippen LogP contribution in [0.4, 0.5) is 20.4 Å². The van der Waals surface area contributed by atoms with Crippen LogP contribution in [0.5, 0.6) is 0 Å². The van der Waals surface area contributed by atoms with Crippen molar-refractivity contribution >= 4 is 38.2 Å². The molecule has 0 spiro atoms. The summed E-state index contributed by atoms with van der Waals surface area (Å²) in [5.41, 5.74) is 1.65. The minimum atomic E-state index is -3.81. The third-order valence-corrected chi connectivity index (χ3v) is 8.87. The molecule has 3 heterocycles. The van der Waals surface area contributed by atoms with Crippen LogP contribution in [0.2, 0.25) is 0 Å². The molecule has 43 heavy (non-hydrogen) atoms. The fraction of sp³-hybridized carbons (Fsp3) is 0.367. The Morgan fingerprint density at radius 2 is 1.98 bits per heavy atom. The number of nitrogens with one attached hydrogen (secondary N) is 2. The number of piperazine rings is 1. The average molecular weight is 613 g/mol. The number of benzene rings is 2. The molecule has 2 N–H and O–H groups in total. The molecule has 13 heteroatoms. The predicted molar refractivity (Wildman–Crippen MR) is 160 cm³/mol. The molecule has 1 aliphatic heterocycles.